The Morgan fingerprint density at radius 3 is 2.60 bits per heavy atom. The van der Waals surface area contributed by atoms with E-state index in [1.54, 1.807) is 23.0 Å². The summed E-state index contributed by atoms with van der Waals surface area (Å²) in [6, 6.07) is 8.27. The molecule has 4 heterocycles. The number of amides is 2. The predicted molar refractivity (Wildman–Crippen MR) is 171 cm³/mol. The molecule has 6 rings (SSSR count). The van der Waals surface area contributed by atoms with E-state index in [4.69, 9.17) is 16.6 Å². The number of nitrogens with zero attached hydrogens (tertiary/aromatic N) is 7. The van der Waals surface area contributed by atoms with Crippen molar-refractivity contribution in [2.75, 3.05) is 35.7 Å². The first-order valence-corrected chi connectivity index (χ1v) is 16.8. The molecule has 2 fully saturated rings. The molecule has 1 aliphatic carbocycles. The number of fused-ring (bicyclic) bond motifs is 1. The average molecular weight is 622 g/mol. The largest absolute Gasteiger partial charge is 0.321 e. The number of thioether (sulfide) groups is 1. The van der Waals surface area contributed by atoms with Gasteiger partial charge in [0.1, 0.15) is 23.8 Å². The highest BCUT2D eigenvalue weighted by atomic mass is 35.5. The number of benzene rings is 1. The number of aromatic nitrogens is 4. The minimum absolute atomic E-state index is 0.0651. The minimum atomic E-state index is -0.606. The summed E-state index contributed by atoms with van der Waals surface area (Å²) in [5, 5.41) is 8.08. The fourth-order valence-corrected chi connectivity index (χ4v) is 8.30. The van der Waals surface area contributed by atoms with Crippen LogP contribution in [0.3, 0.4) is 0 Å². The second-order valence-electron chi connectivity index (χ2n) is 12.6. The van der Waals surface area contributed by atoms with Crippen molar-refractivity contribution in [1.29, 1.82) is 0 Å². The van der Waals surface area contributed by atoms with Crippen LogP contribution in [0.4, 0.5) is 16.4 Å². The van der Waals surface area contributed by atoms with E-state index in [-0.39, 0.29) is 5.91 Å². The molecule has 0 radical (unpaired) electrons. The second-order valence-corrected chi connectivity index (χ2v) is 13.8. The summed E-state index contributed by atoms with van der Waals surface area (Å²) in [6.07, 6.45) is 8.04. The van der Waals surface area contributed by atoms with Crippen LogP contribution in [0, 0.1) is 11.8 Å². The van der Waals surface area contributed by atoms with Crippen molar-refractivity contribution in [3.63, 3.8) is 0 Å². The van der Waals surface area contributed by atoms with Gasteiger partial charge in [-0.3, -0.25) is 24.3 Å². The van der Waals surface area contributed by atoms with E-state index in [9.17, 15) is 9.59 Å². The number of piperidine rings is 1. The molecule has 9 nitrogen and oxygen atoms in total. The van der Waals surface area contributed by atoms with E-state index in [1.165, 1.54) is 23.3 Å². The summed E-state index contributed by atoms with van der Waals surface area (Å²) >= 11 is 7.71. The highest BCUT2D eigenvalue weighted by Crippen LogP contribution is 2.52. The van der Waals surface area contributed by atoms with Gasteiger partial charge >= 0.3 is 5.37 Å². The monoisotopic (exact) mass is 621 g/mol. The number of carbonyl (C=O) groups is 2. The molecular weight excluding hydrogens is 582 g/mol. The Morgan fingerprint density at radius 1 is 1.19 bits per heavy atom. The lowest BCUT2D eigenvalue weighted by molar-refractivity contribution is 0.0995. The van der Waals surface area contributed by atoms with Crippen LogP contribution < -0.4 is 9.80 Å². The lowest BCUT2D eigenvalue weighted by atomic mass is 9.58. The van der Waals surface area contributed by atoms with Gasteiger partial charge in [-0.15, -0.1) is 22.0 Å². The summed E-state index contributed by atoms with van der Waals surface area (Å²) in [4.78, 5) is 38.3. The molecule has 2 amide bonds. The lowest BCUT2D eigenvalue weighted by Gasteiger charge is -2.46. The number of pyridine rings is 1. The van der Waals surface area contributed by atoms with Crippen LogP contribution in [-0.2, 0) is 25.6 Å². The molecule has 0 unspecified atom stereocenters. The number of likely N-dealkylation sites (tertiary alicyclic amines) is 1. The first-order valence-electron chi connectivity index (χ1n) is 15.2. The van der Waals surface area contributed by atoms with Gasteiger partial charge in [0, 0.05) is 37.1 Å². The van der Waals surface area contributed by atoms with Crippen molar-refractivity contribution in [3.8, 4) is 0 Å². The highest BCUT2D eigenvalue weighted by molar-refractivity contribution is 7.98. The molecule has 43 heavy (non-hydrogen) atoms. The van der Waals surface area contributed by atoms with Crippen LogP contribution in [0.2, 0.25) is 0 Å². The Hall–Kier alpha value is -2.95. The van der Waals surface area contributed by atoms with Gasteiger partial charge in [0.25, 0.3) is 5.91 Å². The number of anilines is 2. The normalized spacial score (nSPS) is 23.8. The summed E-state index contributed by atoms with van der Waals surface area (Å²) in [5.74, 6) is 2.95. The number of hydrogen-bond donors (Lipinski definition) is 0. The summed E-state index contributed by atoms with van der Waals surface area (Å²) < 4.78 is 1.96. The van der Waals surface area contributed by atoms with Crippen molar-refractivity contribution in [2.24, 2.45) is 18.9 Å². The van der Waals surface area contributed by atoms with E-state index in [0.717, 1.165) is 59.9 Å². The van der Waals surface area contributed by atoms with Crippen LogP contribution in [0.25, 0.3) is 0 Å². The molecule has 2 aromatic heterocycles. The van der Waals surface area contributed by atoms with E-state index >= 15 is 0 Å². The van der Waals surface area contributed by atoms with Crippen LogP contribution in [0.15, 0.2) is 35.5 Å². The van der Waals surface area contributed by atoms with Crippen molar-refractivity contribution in [2.45, 2.75) is 69.9 Å². The standard InChI is InChI=1S/C32H40ClN7O2S/c1-6-39(31(33)42)27-12-23(32(14-21(3)15-32)30-36-34-19-37(30)4)13-28(35-27)40-18-25-24(29(40)41)10-22(11-26(25)43-5)17-38-9-7-8-20(2)16-38/h10-13,19-21H,6-9,14-18H2,1-5H3/t20-,21?,32?/m0/s1. The first-order chi connectivity index (χ1) is 20.6. The number of carbonyl (C=O) groups excluding carboxylic acids is 2. The highest BCUT2D eigenvalue weighted by Gasteiger charge is 2.49. The van der Waals surface area contributed by atoms with Gasteiger partial charge in [0.05, 0.1) is 12.0 Å². The van der Waals surface area contributed by atoms with Crippen LogP contribution >= 0.6 is 23.4 Å². The first kappa shape index (κ1) is 30.1. The molecule has 1 saturated heterocycles. The van der Waals surface area contributed by atoms with Gasteiger partial charge in [-0.2, -0.15) is 0 Å². The van der Waals surface area contributed by atoms with Crippen molar-refractivity contribution in [3.05, 3.63) is 58.7 Å². The Labute approximate surface area is 263 Å². The average Bonchev–Trinajstić information content (AvgIpc) is 3.54. The van der Waals surface area contributed by atoms with Gasteiger partial charge in [0.15, 0.2) is 0 Å². The second kappa shape index (κ2) is 11.9. The fourth-order valence-electron chi connectivity index (χ4n) is 7.40. The van der Waals surface area contributed by atoms with Gasteiger partial charge in [-0.1, -0.05) is 13.8 Å². The third-order valence-corrected chi connectivity index (χ3v) is 10.4. The summed E-state index contributed by atoms with van der Waals surface area (Å²) in [6.45, 7) is 10.2. The Kier molecular flexibility index (Phi) is 8.30. The van der Waals surface area contributed by atoms with Crippen LogP contribution in [-0.4, -0.2) is 61.8 Å². The maximum atomic E-state index is 14.2. The molecule has 0 bridgehead atoms. The number of hydrogen-bond acceptors (Lipinski definition) is 7. The maximum Gasteiger partial charge on any atom is 0.321 e. The maximum absolute atomic E-state index is 14.2. The molecule has 0 spiro atoms. The number of halogens is 1. The third kappa shape index (κ3) is 5.46. The minimum Gasteiger partial charge on any atom is -0.320 e. The summed E-state index contributed by atoms with van der Waals surface area (Å²) in [7, 11) is 1.95. The quantitative estimate of drug-likeness (QED) is 0.167. The molecule has 3 aromatic rings. The van der Waals surface area contributed by atoms with Crippen molar-refractivity contribution in [1.82, 2.24) is 24.6 Å². The molecule has 228 valence electrons. The Morgan fingerprint density at radius 2 is 1.98 bits per heavy atom. The van der Waals surface area contributed by atoms with Gasteiger partial charge in [-0.25, -0.2) is 4.98 Å². The predicted octanol–water partition coefficient (Wildman–Crippen LogP) is 6.23. The van der Waals surface area contributed by atoms with E-state index < -0.39 is 10.8 Å². The third-order valence-electron chi connectivity index (χ3n) is 9.39. The van der Waals surface area contributed by atoms with Gasteiger partial charge in [-0.05, 0) is 110 Å². The molecule has 1 aromatic carbocycles. The zero-order chi connectivity index (χ0) is 30.5. The number of rotatable bonds is 8. The Bertz CT molecular complexity index is 1550. The van der Waals surface area contributed by atoms with Crippen molar-refractivity contribution >= 4 is 46.3 Å². The fraction of sp³-hybridized carbons (Fsp3) is 0.531. The van der Waals surface area contributed by atoms with Gasteiger partial charge in [0.2, 0.25) is 0 Å². The smallest absolute Gasteiger partial charge is 0.320 e. The molecule has 1 atom stereocenters. The van der Waals surface area contributed by atoms with Crippen LogP contribution in [0.1, 0.15) is 79.3 Å². The molecule has 0 N–H and O–H groups in total. The SMILES string of the molecule is CCN(C(=O)Cl)c1cc(C2(c3nncn3C)CC(C)C2)cc(N2Cc3c(SC)cc(CN4CCC[C@H](C)C4)cc3C2=O)n1. The zero-order valence-electron chi connectivity index (χ0n) is 25.6. The van der Waals surface area contributed by atoms with E-state index in [2.05, 4.69) is 47.3 Å². The number of aryl methyl sites for hydroxylation is 1. The Balaban J connectivity index is 1.41. The zero-order valence-corrected chi connectivity index (χ0v) is 27.2. The molecule has 1 saturated carbocycles. The van der Waals surface area contributed by atoms with E-state index in [1.807, 2.05) is 30.7 Å². The molecule has 2 aliphatic heterocycles. The van der Waals surface area contributed by atoms with Crippen molar-refractivity contribution < 1.29 is 9.59 Å². The lowest BCUT2D eigenvalue weighted by Crippen LogP contribution is -2.43. The van der Waals surface area contributed by atoms with E-state index in [0.29, 0.717) is 36.6 Å². The molecular formula is C32H40ClN7O2S. The molecule has 11 heteroatoms. The molecule has 3 aliphatic rings. The van der Waals surface area contributed by atoms with Gasteiger partial charge < -0.3 is 4.57 Å². The summed E-state index contributed by atoms with van der Waals surface area (Å²) in [5.41, 5.74) is 3.51. The van der Waals surface area contributed by atoms with Crippen LogP contribution in [0.5, 0.6) is 0 Å². The topological polar surface area (TPSA) is 87.5 Å².